The van der Waals surface area contributed by atoms with Crippen molar-refractivity contribution in [3.63, 3.8) is 0 Å². The van der Waals surface area contributed by atoms with Crippen LogP contribution in [-0.2, 0) is 5.11 Å². The van der Waals surface area contributed by atoms with Crippen molar-refractivity contribution in [2.75, 3.05) is 6.61 Å². The van der Waals surface area contributed by atoms with Gasteiger partial charge in [0, 0.05) is 0 Å². The Morgan fingerprint density at radius 3 is 2.08 bits per heavy atom. The lowest BCUT2D eigenvalue weighted by Crippen LogP contribution is -2.04. The Balaban J connectivity index is 3.17. The molecule has 0 aliphatic carbocycles. The van der Waals surface area contributed by atoms with Crippen molar-refractivity contribution in [2.45, 2.75) is 65.2 Å². The summed E-state index contributed by atoms with van der Waals surface area (Å²) in [4.78, 5) is 0. The van der Waals surface area contributed by atoms with Crippen LogP contribution in [0, 0.1) is 5.92 Å². The lowest BCUT2D eigenvalue weighted by atomic mass is 9.97. The zero-order valence-electron chi connectivity index (χ0n) is 9.35. The molecule has 0 spiro atoms. The zero-order chi connectivity index (χ0) is 9.94. The van der Waals surface area contributed by atoms with Crippen molar-refractivity contribution < 1.29 is 5.11 Å². The highest BCUT2D eigenvalue weighted by Crippen LogP contribution is 2.15. The maximum Gasteiger partial charge on any atom is 0.0850 e. The first-order valence-electron chi connectivity index (χ1n) is 5.93. The summed E-state index contributed by atoms with van der Waals surface area (Å²) in [7, 11) is 0. The molecule has 0 aromatic rings. The highest BCUT2D eigenvalue weighted by atomic mass is 16.3. The summed E-state index contributed by atoms with van der Waals surface area (Å²) in [6.07, 6.45) is 10.1. The summed E-state index contributed by atoms with van der Waals surface area (Å²) in [6.45, 7) is 4.54. The van der Waals surface area contributed by atoms with E-state index in [-0.39, 0.29) is 6.61 Å². The highest BCUT2D eigenvalue weighted by molar-refractivity contribution is 4.57. The molecule has 0 N–H and O–H groups in total. The molecule has 0 rings (SSSR count). The summed E-state index contributed by atoms with van der Waals surface area (Å²) >= 11 is 0. The first kappa shape index (κ1) is 13.0. The molecule has 1 heteroatoms. The van der Waals surface area contributed by atoms with Crippen LogP contribution in [0.15, 0.2) is 0 Å². The molecule has 0 fully saturated rings. The molecule has 1 atom stereocenters. The number of rotatable bonds is 9. The Labute approximate surface area is 83.5 Å². The summed E-state index contributed by atoms with van der Waals surface area (Å²) in [5.74, 6) is 0.464. The van der Waals surface area contributed by atoms with Gasteiger partial charge in [-0.15, -0.1) is 0 Å². The molecule has 1 radical (unpaired) electrons. The quantitative estimate of drug-likeness (QED) is 0.480. The molecule has 0 saturated carbocycles. The fourth-order valence-electron chi connectivity index (χ4n) is 1.76. The van der Waals surface area contributed by atoms with Crippen LogP contribution in [0.4, 0.5) is 0 Å². The van der Waals surface area contributed by atoms with Crippen LogP contribution >= 0.6 is 0 Å². The van der Waals surface area contributed by atoms with Crippen molar-refractivity contribution in [3.05, 3.63) is 0 Å². The molecular formula is C12H25O. The van der Waals surface area contributed by atoms with Crippen LogP contribution in [0.5, 0.6) is 0 Å². The Hall–Kier alpha value is -0.0400. The third kappa shape index (κ3) is 8.29. The maximum atomic E-state index is 10.7. The van der Waals surface area contributed by atoms with Gasteiger partial charge in [0.15, 0.2) is 0 Å². The first-order chi connectivity index (χ1) is 6.35. The van der Waals surface area contributed by atoms with Gasteiger partial charge in [0.1, 0.15) is 0 Å². The Kier molecular flexibility index (Phi) is 10.0. The highest BCUT2D eigenvalue weighted by Gasteiger charge is 2.05. The van der Waals surface area contributed by atoms with Crippen LogP contribution in [0.3, 0.4) is 0 Å². The zero-order valence-corrected chi connectivity index (χ0v) is 9.35. The average molecular weight is 185 g/mol. The van der Waals surface area contributed by atoms with Crippen molar-refractivity contribution in [1.29, 1.82) is 0 Å². The fourth-order valence-corrected chi connectivity index (χ4v) is 1.76. The molecular weight excluding hydrogens is 160 g/mol. The van der Waals surface area contributed by atoms with Gasteiger partial charge in [0.2, 0.25) is 0 Å². The van der Waals surface area contributed by atoms with Crippen LogP contribution in [0.2, 0.25) is 0 Å². The van der Waals surface area contributed by atoms with Gasteiger partial charge in [-0.3, -0.25) is 0 Å². The third-order valence-electron chi connectivity index (χ3n) is 2.65. The fraction of sp³-hybridized carbons (Fsp3) is 1.00. The first-order valence-corrected chi connectivity index (χ1v) is 5.93. The molecule has 0 aliphatic heterocycles. The van der Waals surface area contributed by atoms with Crippen molar-refractivity contribution in [1.82, 2.24) is 0 Å². The van der Waals surface area contributed by atoms with Gasteiger partial charge in [-0.25, -0.2) is 5.11 Å². The SMILES string of the molecule is CCCCCCCC(C[O])CCC. The predicted molar refractivity (Wildman–Crippen MR) is 57.3 cm³/mol. The van der Waals surface area contributed by atoms with E-state index in [4.69, 9.17) is 0 Å². The second-order valence-corrected chi connectivity index (χ2v) is 4.02. The minimum atomic E-state index is 0.140. The third-order valence-corrected chi connectivity index (χ3v) is 2.65. The van der Waals surface area contributed by atoms with E-state index in [9.17, 15) is 5.11 Å². The molecule has 0 aliphatic rings. The van der Waals surface area contributed by atoms with Crippen molar-refractivity contribution in [2.24, 2.45) is 5.92 Å². The minimum Gasteiger partial charge on any atom is -0.236 e. The van der Waals surface area contributed by atoms with Gasteiger partial charge in [-0.2, -0.15) is 0 Å². The van der Waals surface area contributed by atoms with E-state index < -0.39 is 0 Å². The van der Waals surface area contributed by atoms with Crippen LogP contribution in [0.1, 0.15) is 65.2 Å². The van der Waals surface area contributed by atoms with E-state index in [0.717, 1.165) is 6.42 Å². The van der Waals surface area contributed by atoms with Crippen LogP contribution in [-0.4, -0.2) is 6.61 Å². The lowest BCUT2D eigenvalue weighted by molar-refractivity contribution is 0.131. The Bertz CT molecular complexity index is 91.1. The molecule has 0 heterocycles. The van der Waals surface area contributed by atoms with Crippen molar-refractivity contribution in [3.8, 4) is 0 Å². The summed E-state index contributed by atoms with van der Waals surface area (Å²) in [5.41, 5.74) is 0. The molecule has 79 valence electrons. The van der Waals surface area contributed by atoms with Gasteiger partial charge < -0.3 is 0 Å². The van der Waals surface area contributed by atoms with E-state index in [2.05, 4.69) is 13.8 Å². The predicted octanol–water partition coefficient (Wildman–Crippen LogP) is 4.19. The normalized spacial score (nSPS) is 13.2. The minimum absolute atomic E-state index is 0.140. The largest absolute Gasteiger partial charge is 0.236 e. The second-order valence-electron chi connectivity index (χ2n) is 4.02. The van der Waals surface area contributed by atoms with E-state index in [1.807, 2.05) is 0 Å². The second kappa shape index (κ2) is 10.0. The molecule has 0 amide bonds. The number of unbranched alkanes of at least 4 members (excludes halogenated alkanes) is 4. The average Bonchev–Trinajstić information content (AvgIpc) is 2.16. The smallest absolute Gasteiger partial charge is 0.0850 e. The molecule has 0 saturated heterocycles. The topological polar surface area (TPSA) is 19.9 Å². The summed E-state index contributed by atoms with van der Waals surface area (Å²) in [5, 5.41) is 10.7. The summed E-state index contributed by atoms with van der Waals surface area (Å²) in [6, 6.07) is 0. The van der Waals surface area contributed by atoms with E-state index >= 15 is 0 Å². The Morgan fingerprint density at radius 2 is 1.54 bits per heavy atom. The molecule has 1 nitrogen and oxygen atoms in total. The molecule has 1 unspecified atom stereocenters. The number of hydrogen-bond donors (Lipinski definition) is 0. The van der Waals surface area contributed by atoms with Gasteiger partial charge >= 0.3 is 0 Å². The summed E-state index contributed by atoms with van der Waals surface area (Å²) < 4.78 is 0. The molecule has 13 heavy (non-hydrogen) atoms. The van der Waals surface area contributed by atoms with Crippen molar-refractivity contribution >= 4 is 0 Å². The molecule has 0 aromatic heterocycles. The maximum absolute atomic E-state index is 10.7. The van der Waals surface area contributed by atoms with Crippen LogP contribution in [0.25, 0.3) is 0 Å². The van der Waals surface area contributed by atoms with E-state index in [1.165, 1.54) is 44.9 Å². The van der Waals surface area contributed by atoms with E-state index in [0.29, 0.717) is 5.92 Å². The Morgan fingerprint density at radius 1 is 0.846 bits per heavy atom. The monoisotopic (exact) mass is 185 g/mol. The number of hydrogen-bond acceptors (Lipinski definition) is 0. The molecule has 0 aromatic carbocycles. The van der Waals surface area contributed by atoms with Crippen LogP contribution < -0.4 is 0 Å². The van der Waals surface area contributed by atoms with Gasteiger partial charge in [0.05, 0.1) is 6.61 Å². The van der Waals surface area contributed by atoms with Gasteiger partial charge in [-0.1, -0.05) is 52.4 Å². The van der Waals surface area contributed by atoms with Gasteiger partial charge in [-0.05, 0) is 18.8 Å². The van der Waals surface area contributed by atoms with Gasteiger partial charge in [0.25, 0.3) is 0 Å². The van der Waals surface area contributed by atoms with E-state index in [1.54, 1.807) is 0 Å². The lowest BCUT2D eigenvalue weighted by Gasteiger charge is -2.10. The molecule has 0 bridgehead atoms. The standard InChI is InChI=1S/C12H25O/c1-3-5-6-7-8-10-12(11-13)9-4-2/h12H,3-11H2,1-2H3.